The highest BCUT2D eigenvalue weighted by molar-refractivity contribution is 7.22. The van der Waals surface area contributed by atoms with Crippen molar-refractivity contribution in [1.29, 1.82) is 0 Å². The first-order chi connectivity index (χ1) is 22.6. The molecule has 6 heteroatoms. The zero-order valence-electron chi connectivity index (χ0n) is 27.3. The molecule has 3 aromatic carbocycles. The van der Waals surface area contributed by atoms with Gasteiger partial charge in [-0.05, 0) is 144 Å². The largest absolute Gasteiger partial charge is 0.492 e. The number of hydrogen-bond donors (Lipinski definition) is 0. The number of ether oxygens (including phenoxy) is 2. The third-order valence-corrected chi connectivity index (χ3v) is 11.4. The maximum atomic E-state index is 14.3. The first-order valence-corrected chi connectivity index (χ1v) is 18.5. The minimum absolute atomic E-state index is 0.0581. The van der Waals surface area contributed by atoms with Gasteiger partial charge >= 0.3 is 0 Å². The maximum absolute atomic E-state index is 14.3. The molecule has 5 nitrogen and oxygen atoms in total. The Labute approximate surface area is 278 Å². The van der Waals surface area contributed by atoms with Crippen molar-refractivity contribution >= 4 is 27.2 Å². The second kappa shape index (κ2) is 14.7. The van der Waals surface area contributed by atoms with Crippen LogP contribution in [0, 0.1) is 6.92 Å². The van der Waals surface area contributed by atoms with Crippen LogP contribution in [0.4, 0.5) is 0 Å². The predicted molar refractivity (Wildman–Crippen MR) is 190 cm³/mol. The summed E-state index contributed by atoms with van der Waals surface area (Å²) in [6.07, 6.45) is 13.0. The van der Waals surface area contributed by atoms with Crippen LogP contribution in [0.15, 0.2) is 66.7 Å². The molecule has 2 saturated heterocycles. The second-order valence-electron chi connectivity index (χ2n) is 13.5. The van der Waals surface area contributed by atoms with E-state index in [2.05, 4.69) is 47.1 Å². The summed E-state index contributed by atoms with van der Waals surface area (Å²) in [5.41, 5.74) is 3.72. The van der Waals surface area contributed by atoms with E-state index in [1.54, 1.807) is 11.3 Å². The number of nitrogens with zero attached hydrogens (tertiary/aromatic N) is 2. The lowest BCUT2D eigenvalue weighted by Gasteiger charge is -2.39. The van der Waals surface area contributed by atoms with E-state index in [-0.39, 0.29) is 11.9 Å². The van der Waals surface area contributed by atoms with Crippen LogP contribution in [-0.2, 0) is 0 Å². The lowest BCUT2D eigenvalue weighted by Crippen LogP contribution is -2.48. The van der Waals surface area contributed by atoms with Crippen LogP contribution < -0.4 is 9.47 Å². The molecule has 1 aliphatic carbocycles. The van der Waals surface area contributed by atoms with Gasteiger partial charge in [-0.15, -0.1) is 11.3 Å². The maximum Gasteiger partial charge on any atom is 0.195 e. The molecule has 0 N–H and O–H groups in total. The highest BCUT2D eigenvalue weighted by Gasteiger charge is 2.32. The number of likely N-dealkylation sites (tertiary alicyclic amines) is 2. The fourth-order valence-electron chi connectivity index (χ4n) is 7.70. The van der Waals surface area contributed by atoms with Gasteiger partial charge in [0.15, 0.2) is 5.78 Å². The van der Waals surface area contributed by atoms with Crippen LogP contribution in [0.1, 0.15) is 85.7 Å². The van der Waals surface area contributed by atoms with Crippen molar-refractivity contribution in [3.8, 4) is 21.9 Å². The van der Waals surface area contributed by atoms with E-state index in [1.807, 2.05) is 36.4 Å². The van der Waals surface area contributed by atoms with E-state index in [4.69, 9.17) is 9.47 Å². The Balaban J connectivity index is 1.09. The average Bonchev–Trinajstić information content (AvgIpc) is 3.65. The Morgan fingerprint density at radius 3 is 2.24 bits per heavy atom. The van der Waals surface area contributed by atoms with Crippen molar-refractivity contribution < 1.29 is 14.3 Å². The van der Waals surface area contributed by atoms with Gasteiger partial charge in [-0.1, -0.05) is 31.4 Å². The Morgan fingerprint density at radius 2 is 1.48 bits per heavy atom. The molecule has 3 heterocycles. The normalized spacial score (nSPS) is 21.3. The number of ketones is 1. The second-order valence-corrected chi connectivity index (χ2v) is 14.6. The number of fused-ring (bicyclic) bond motifs is 1. The fourth-order valence-corrected chi connectivity index (χ4v) is 9.00. The van der Waals surface area contributed by atoms with E-state index in [9.17, 15) is 4.79 Å². The molecular weight excluding hydrogens is 589 g/mol. The van der Waals surface area contributed by atoms with E-state index >= 15 is 0 Å². The van der Waals surface area contributed by atoms with Gasteiger partial charge in [0, 0.05) is 38.7 Å². The van der Waals surface area contributed by atoms with Gasteiger partial charge in [0.25, 0.3) is 0 Å². The SMILES string of the molecule is Cc1ccc2c(C(=O)c3ccc(OC4CCCCC4N4CCCCCC4)cc3)c(-c3ccc(OCCN4CCCC4)cc3)sc2c1. The number of benzene rings is 3. The lowest BCUT2D eigenvalue weighted by atomic mass is 9.91. The molecule has 1 saturated carbocycles. The summed E-state index contributed by atoms with van der Waals surface area (Å²) < 4.78 is 13.9. The van der Waals surface area contributed by atoms with Crippen LogP contribution in [0.25, 0.3) is 20.5 Å². The summed E-state index contributed by atoms with van der Waals surface area (Å²) in [5.74, 6) is 1.80. The molecule has 2 unspecified atom stereocenters. The van der Waals surface area contributed by atoms with Crippen molar-refractivity contribution in [2.24, 2.45) is 0 Å². The van der Waals surface area contributed by atoms with Gasteiger partial charge in [-0.2, -0.15) is 0 Å². The minimum Gasteiger partial charge on any atom is -0.492 e. The van der Waals surface area contributed by atoms with Crippen LogP contribution in [0.3, 0.4) is 0 Å². The topological polar surface area (TPSA) is 42.0 Å². The zero-order valence-corrected chi connectivity index (χ0v) is 28.2. The molecule has 7 rings (SSSR count). The molecule has 2 aliphatic heterocycles. The Kier molecular flexibility index (Phi) is 10.0. The van der Waals surface area contributed by atoms with Crippen molar-refractivity contribution in [3.05, 3.63) is 83.4 Å². The van der Waals surface area contributed by atoms with Crippen molar-refractivity contribution in [2.75, 3.05) is 39.3 Å². The Bertz CT molecular complexity index is 1600. The van der Waals surface area contributed by atoms with Gasteiger partial charge in [0.2, 0.25) is 0 Å². The van der Waals surface area contributed by atoms with Crippen LogP contribution in [-0.4, -0.2) is 67.1 Å². The number of aryl methyl sites for hydroxylation is 1. The molecule has 3 fully saturated rings. The monoisotopic (exact) mass is 636 g/mol. The van der Waals surface area contributed by atoms with Crippen molar-refractivity contribution in [1.82, 2.24) is 9.80 Å². The summed E-state index contributed by atoms with van der Waals surface area (Å²) in [4.78, 5) is 20.4. The van der Waals surface area contributed by atoms with Gasteiger partial charge in [0.05, 0.1) is 0 Å². The average molecular weight is 637 g/mol. The minimum atomic E-state index is 0.0581. The van der Waals surface area contributed by atoms with Gasteiger partial charge in [-0.25, -0.2) is 0 Å². The zero-order chi connectivity index (χ0) is 31.3. The molecule has 0 amide bonds. The standard InChI is InChI=1S/C40H48N2O3S/c1-29-12-21-34-37(28-29)46-40(31-15-17-32(18-16-31)44-27-26-41-22-8-9-23-41)38(34)39(43)30-13-19-33(20-14-30)45-36-11-5-4-10-35(36)42-24-6-2-3-7-25-42/h12-21,28,35-36H,2-11,22-27H2,1H3. The third kappa shape index (κ3) is 7.20. The number of rotatable bonds is 10. The van der Waals surface area contributed by atoms with Crippen LogP contribution >= 0.6 is 11.3 Å². The fraction of sp³-hybridized carbons (Fsp3) is 0.475. The quantitative estimate of drug-likeness (QED) is 0.162. The smallest absolute Gasteiger partial charge is 0.195 e. The first-order valence-electron chi connectivity index (χ1n) is 17.7. The molecule has 4 aromatic rings. The number of thiophene rings is 1. The van der Waals surface area contributed by atoms with Crippen molar-refractivity contribution in [2.45, 2.75) is 83.3 Å². The van der Waals surface area contributed by atoms with E-state index < -0.39 is 0 Å². The summed E-state index contributed by atoms with van der Waals surface area (Å²) in [5, 5.41) is 1.02. The molecule has 1 aromatic heterocycles. The van der Waals surface area contributed by atoms with Gasteiger partial charge < -0.3 is 9.47 Å². The Hall–Kier alpha value is -3.19. The van der Waals surface area contributed by atoms with Crippen molar-refractivity contribution in [3.63, 3.8) is 0 Å². The molecule has 3 aliphatic rings. The molecule has 46 heavy (non-hydrogen) atoms. The summed E-state index contributed by atoms with van der Waals surface area (Å²) >= 11 is 1.70. The van der Waals surface area contributed by atoms with Crippen LogP contribution in [0.5, 0.6) is 11.5 Å². The predicted octanol–water partition coefficient (Wildman–Crippen LogP) is 9.15. The third-order valence-electron chi connectivity index (χ3n) is 10.2. The molecule has 2 atom stereocenters. The summed E-state index contributed by atoms with van der Waals surface area (Å²) in [7, 11) is 0. The van der Waals surface area contributed by atoms with Gasteiger partial charge in [-0.3, -0.25) is 14.6 Å². The van der Waals surface area contributed by atoms with Crippen LogP contribution in [0.2, 0.25) is 0 Å². The molecular formula is C40H48N2O3S. The summed E-state index contributed by atoms with van der Waals surface area (Å²) in [6.45, 7) is 8.53. The highest BCUT2D eigenvalue weighted by atomic mass is 32.1. The van der Waals surface area contributed by atoms with E-state index in [0.717, 1.165) is 50.6 Å². The molecule has 242 valence electrons. The van der Waals surface area contributed by atoms with E-state index in [0.29, 0.717) is 18.2 Å². The highest BCUT2D eigenvalue weighted by Crippen LogP contribution is 2.41. The van der Waals surface area contributed by atoms with E-state index in [1.165, 1.54) is 89.5 Å². The number of hydrogen-bond acceptors (Lipinski definition) is 6. The lowest BCUT2D eigenvalue weighted by molar-refractivity contribution is 0.0375. The number of carbonyl (C=O) groups is 1. The summed E-state index contributed by atoms with van der Waals surface area (Å²) in [6, 6.07) is 23.1. The molecule has 0 spiro atoms. The Morgan fingerprint density at radius 1 is 0.783 bits per heavy atom. The van der Waals surface area contributed by atoms with Gasteiger partial charge in [0.1, 0.15) is 24.2 Å². The molecule has 0 bridgehead atoms. The molecule has 0 radical (unpaired) electrons. The first kappa shape index (κ1) is 31.4. The number of carbonyl (C=O) groups excluding carboxylic acids is 1.